The van der Waals surface area contributed by atoms with Crippen LogP contribution in [0.15, 0.2) is 66.9 Å². The van der Waals surface area contributed by atoms with Gasteiger partial charge in [0, 0.05) is 24.0 Å². The van der Waals surface area contributed by atoms with E-state index < -0.39 is 0 Å². The molecule has 0 radical (unpaired) electrons. The maximum Gasteiger partial charge on any atom is 0.178 e. The number of benzene rings is 2. The second-order valence-electron chi connectivity index (χ2n) is 7.98. The Kier molecular flexibility index (Phi) is 4.99. The summed E-state index contributed by atoms with van der Waals surface area (Å²) in [6.45, 7) is 0.802. The van der Waals surface area contributed by atoms with Crippen LogP contribution in [-0.2, 0) is 6.54 Å². The maximum absolute atomic E-state index is 4.71. The number of hydrogen-bond donors (Lipinski definition) is 2. The highest BCUT2D eigenvalue weighted by atomic mass is 15.0. The van der Waals surface area contributed by atoms with E-state index in [0.29, 0.717) is 5.92 Å². The molecule has 0 atom stereocenters. The summed E-state index contributed by atoms with van der Waals surface area (Å²) in [6, 6.07) is 21.1. The molecular formula is C25H26N4. The first-order chi connectivity index (χ1) is 14.3. The second kappa shape index (κ2) is 8.08. The Balaban J connectivity index is 1.32. The van der Waals surface area contributed by atoms with E-state index in [1.54, 1.807) is 0 Å². The number of hydrogen-bond acceptors (Lipinski definition) is 3. The van der Waals surface area contributed by atoms with E-state index in [1.165, 1.54) is 43.2 Å². The van der Waals surface area contributed by atoms with Crippen LogP contribution in [-0.4, -0.2) is 15.0 Å². The van der Waals surface area contributed by atoms with Crippen LogP contribution < -0.4 is 5.32 Å². The Labute approximate surface area is 171 Å². The van der Waals surface area contributed by atoms with Gasteiger partial charge in [-0.3, -0.25) is 0 Å². The number of imidazole rings is 1. The molecule has 29 heavy (non-hydrogen) atoms. The number of anilines is 1. The molecule has 1 fully saturated rings. The summed E-state index contributed by atoms with van der Waals surface area (Å²) in [5.41, 5.74) is 6.66. The minimum Gasteiger partial charge on any atom is -0.381 e. The van der Waals surface area contributed by atoms with E-state index in [0.717, 1.165) is 34.8 Å². The van der Waals surface area contributed by atoms with Gasteiger partial charge in [-0.2, -0.15) is 0 Å². The van der Waals surface area contributed by atoms with Crippen molar-refractivity contribution in [3.05, 3.63) is 78.0 Å². The van der Waals surface area contributed by atoms with E-state index in [1.807, 2.05) is 24.4 Å². The van der Waals surface area contributed by atoms with Crippen LogP contribution in [0.5, 0.6) is 0 Å². The van der Waals surface area contributed by atoms with Gasteiger partial charge in [-0.05, 0) is 48.1 Å². The predicted octanol–water partition coefficient (Wildman–Crippen LogP) is 6.28. The highest BCUT2D eigenvalue weighted by molar-refractivity contribution is 5.76. The Morgan fingerprint density at radius 3 is 2.52 bits per heavy atom. The van der Waals surface area contributed by atoms with E-state index in [-0.39, 0.29) is 0 Å². The normalized spacial score (nSPS) is 14.9. The van der Waals surface area contributed by atoms with Gasteiger partial charge in [0.1, 0.15) is 5.82 Å². The number of H-pyrrole nitrogens is 1. The van der Waals surface area contributed by atoms with Crippen LogP contribution in [0.2, 0.25) is 0 Å². The largest absolute Gasteiger partial charge is 0.381 e. The molecule has 4 heteroatoms. The molecule has 5 rings (SSSR count). The maximum atomic E-state index is 4.71. The van der Waals surface area contributed by atoms with Gasteiger partial charge < -0.3 is 10.3 Å². The summed E-state index contributed by atoms with van der Waals surface area (Å²) in [6.07, 6.45) is 8.64. The quantitative estimate of drug-likeness (QED) is 0.427. The van der Waals surface area contributed by atoms with E-state index in [2.05, 4.69) is 57.7 Å². The lowest BCUT2D eigenvalue weighted by molar-refractivity contribution is 0.443. The van der Waals surface area contributed by atoms with Gasteiger partial charge in [-0.1, -0.05) is 61.7 Å². The molecule has 2 aromatic heterocycles. The summed E-state index contributed by atoms with van der Waals surface area (Å²) in [5.74, 6) is 1.54. The van der Waals surface area contributed by atoms with Crippen molar-refractivity contribution in [2.75, 3.05) is 5.32 Å². The van der Waals surface area contributed by atoms with Gasteiger partial charge in [0.05, 0.1) is 5.52 Å². The van der Waals surface area contributed by atoms with Gasteiger partial charge in [0.15, 0.2) is 5.65 Å². The molecule has 0 saturated heterocycles. The smallest absolute Gasteiger partial charge is 0.178 e. The second-order valence-corrected chi connectivity index (χ2v) is 7.98. The Hall–Kier alpha value is -3.14. The number of aromatic nitrogens is 3. The summed E-state index contributed by atoms with van der Waals surface area (Å²) in [4.78, 5) is 12.8. The summed E-state index contributed by atoms with van der Waals surface area (Å²) >= 11 is 0. The molecule has 146 valence electrons. The topological polar surface area (TPSA) is 53.6 Å². The monoisotopic (exact) mass is 382 g/mol. The third-order valence-corrected chi connectivity index (χ3v) is 5.93. The molecular weight excluding hydrogens is 356 g/mol. The molecule has 4 nitrogen and oxygen atoms in total. The van der Waals surface area contributed by atoms with Gasteiger partial charge in [-0.25, -0.2) is 9.97 Å². The van der Waals surface area contributed by atoms with Gasteiger partial charge in [0.2, 0.25) is 0 Å². The molecule has 0 amide bonds. The number of nitrogens with one attached hydrogen (secondary N) is 2. The third kappa shape index (κ3) is 4.02. The lowest BCUT2D eigenvalue weighted by Gasteiger charge is -2.21. The van der Waals surface area contributed by atoms with Crippen molar-refractivity contribution in [1.29, 1.82) is 0 Å². The lowest BCUT2D eigenvalue weighted by atomic mass is 9.85. The first-order valence-electron chi connectivity index (χ1n) is 10.6. The van der Waals surface area contributed by atoms with Crippen LogP contribution in [0.1, 0.15) is 49.1 Å². The van der Waals surface area contributed by atoms with Crippen molar-refractivity contribution in [3.8, 4) is 11.4 Å². The average Bonchev–Trinajstić information content (AvgIpc) is 3.23. The number of rotatable bonds is 5. The van der Waals surface area contributed by atoms with E-state index in [4.69, 9.17) is 4.98 Å². The SMILES string of the molecule is c1ccc(NCc2ccc(-c3nc4ncc(C5CCCCC5)cc4[nH]3)cc2)cc1. The van der Waals surface area contributed by atoms with E-state index >= 15 is 0 Å². The predicted molar refractivity (Wildman–Crippen MR) is 119 cm³/mol. The first kappa shape index (κ1) is 17.9. The summed E-state index contributed by atoms with van der Waals surface area (Å²) < 4.78 is 0. The van der Waals surface area contributed by atoms with Crippen LogP contribution in [0, 0.1) is 0 Å². The van der Waals surface area contributed by atoms with Gasteiger partial charge >= 0.3 is 0 Å². The minimum absolute atomic E-state index is 0.656. The number of nitrogens with zero attached hydrogens (tertiary/aromatic N) is 2. The average molecular weight is 383 g/mol. The van der Waals surface area contributed by atoms with Crippen molar-refractivity contribution < 1.29 is 0 Å². The van der Waals surface area contributed by atoms with E-state index in [9.17, 15) is 0 Å². The molecule has 2 N–H and O–H groups in total. The Morgan fingerprint density at radius 1 is 0.931 bits per heavy atom. The van der Waals surface area contributed by atoms with Crippen molar-refractivity contribution in [2.24, 2.45) is 0 Å². The van der Waals surface area contributed by atoms with Crippen molar-refractivity contribution in [2.45, 2.75) is 44.6 Å². The highest BCUT2D eigenvalue weighted by Crippen LogP contribution is 2.33. The molecule has 0 spiro atoms. The van der Waals surface area contributed by atoms with Crippen LogP contribution in [0.3, 0.4) is 0 Å². The summed E-state index contributed by atoms with van der Waals surface area (Å²) in [5, 5.41) is 3.45. The third-order valence-electron chi connectivity index (χ3n) is 5.93. The highest BCUT2D eigenvalue weighted by Gasteiger charge is 2.17. The van der Waals surface area contributed by atoms with Gasteiger partial charge in [-0.15, -0.1) is 0 Å². The lowest BCUT2D eigenvalue weighted by Crippen LogP contribution is -2.04. The molecule has 4 aromatic rings. The first-order valence-corrected chi connectivity index (χ1v) is 10.6. The number of para-hydroxylation sites is 1. The summed E-state index contributed by atoms with van der Waals surface area (Å²) in [7, 11) is 0. The molecule has 1 saturated carbocycles. The molecule has 0 bridgehead atoms. The number of pyridine rings is 1. The van der Waals surface area contributed by atoms with Crippen molar-refractivity contribution in [1.82, 2.24) is 15.0 Å². The Bertz CT molecular complexity index is 1080. The fourth-order valence-electron chi connectivity index (χ4n) is 4.25. The van der Waals surface area contributed by atoms with Crippen molar-refractivity contribution in [3.63, 3.8) is 0 Å². The molecule has 0 unspecified atom stereocenters. The zero-order valence-electron chi connectivity index (χ0n) is 16.6. The molecule has 1 aliphatic carbocycles. The molecule has 1 aliphatic rings. The standard InChI is InChI=1S/C25H26N4/c1-3-7-19(8-4-1)21-15-23-25(27-17-21)29-24(28-23)20-13-11-18(12-14-20)16-26-22-9-5-2-6-10-22/h2,5-6,9-15,17,19,26H,1,3-4,7-8,16H2,(H,27,28,29). The van der Waals surface area contributed by atoms with Crippen molar-refractivity contribution >= 4 is 16.9 Å². The van der Waals surface area contributed by atoms with Gasteiger partial charge in [0.25, 0.3) is 0 Å². The van der Waals surface area contributed by atoms with Crippen LogP contribution in [0.25, 0.3) is 22.6 Å². The van der Waals surface area contributed by atoms with Crippen LogP contribution in [0.4, 0.5) is 5.69 Å². The fourth-order valence-corrected chi connectivity index (χ4v) is 4.25. The zero-order chi connectivity index (χ0) is 19.5. The Morgan fingerprint density at radius 2 is 1.72 bits per heavy atom. The number of fused-ring (bicyclic) bond motifs is 1. The fraction of sp³-hybridized carbons (Fsp3) is 0.280. The molecule has 2 heterocycles. The molecule has 2 aromatic carbocycles. The zero-order valence-corrected chi connectivity index (χ0v) is 16.6. The number of aromatic amines is 1. The van der Waals surface area contributed by atoms with Crippen LogP contribution >= 0.6 is 0 Å². The molecule has 0 aliphatic heterocycles. The minimum atomic E-state index is 0.656.